The summed E-state index contributed by atoms with van der Waals surface area (Å²) in [5, 5.41) is 1.67. The summed E-state index contributed by atoms with van der Waals surface area (Å²) in [6, 6.07) is 18.3. The Balaban J connectivity index is 1.40. The lowest BCUT2D eigenvalue weighted by atomic mass is 10.0. The molecule has 2 heterocycles. The summed E-state index contributed by atoms with van der Waals surface area (Å²) in [7, 11) is 0. The Morgan fingerprint density at radius 3 is 2.59 bits per heavy atom. The van der Waals surface area contributed by atoms with Crippen LogP contribution in [0.1, 0.15) is 28.8 Å². The number of carbonyl (C=O) groups excluding carboxylic acids is 2. The van der Waals surface area contributed by atoms with Gasteiger partial charge in [0.1, 0.15) is 0 Å². The van der Waals surface area contributed by atoms with Crippen molar-refractivity contribution in [1.29, 1.82) is 0 Å². The number of aromatic nitrogens is 2. The van der Waals surface area contributed by atoms with Crippen molar-refractivity contribution in [2.24, 2.45) is 0 Å². The second-order valence-electron chi connectivity index (χ2n) is 7.25. The summed E-state index contributed by atoms with van der Waals surface area (Å²) in [6.45, 7) is 0. The monoisotopic (exact) mass is 510 g/mol. The molecular weight excluding hydrogens is 492 g/mol. The van der Waals surface area contributed by atoms with Crippen molar-refractivity contribution < 1.29 is 9.59 Å². The van der Waals surface area contributed by atoms with Crippen LogP contribution < -0.4 is 10.9 Å². The van der Waals surface area contributed by atoms with Crippen LogP contribution >= 0.6 is 27.5 Å². The average Bonchev–Trinajstić information content (AvgIpc) is 3.16. The molecule has 0 atom stereocenters. The maximum absolute atomic E-state index is 12.3. The molecule has 0 saturated carbocycles. The molecule has 2 amide bonds. The van der Waals surface area contributed by atoms with Gasteiger partial charge in [-0.3, -0.25) is 25.4 Å². The summed E-state index contributed by atoms with van der Waals surface area (Å²) in [6.07, 6.45) is 3.26. The van der Waals surface area contributed by atoms with E-state index in [-0.39, 0.29) is 18.2 Å². The topological polar surface area (TPSA) is 86.9 Å². The number of nitrogens with one attached hydrogen (secondary N) is 3. The number of rotatable bonds is 6. The van der Waals surface area contributed by atoms with Crippen LogP contribution in [0.3, 0.4) is 0 Å². The van der Waals surface area contributed by atoms with Crippen LogP contribution in [0.5, 0.6) is 0 Å². The summed E-state index contributed by atoms with van der Waals surface area (Å²) in [4.78, 5) is 32.3. The van der Waals surface area contributed by atoms with Gasteiger partial charge in [-0.25, -0.2) is 0 Å². The van der Waals surface area contributed by atoms with Crippen molar-refractivity contribution in [3.63, 3.8) is 0 Å². The maximum Gasteiger partial charge on any atom is 0.269 e. The van der Waals surface area contributed by atoms with E-state index in [9.17, 15) is 9.59 Å². The second kappa shape index (κ2) is 9.97. The SMILES string of the molecule is O=C(CCCc1c(-c2ccccn2)[nH]c2ccc(Cl)cc12)NNC(=O)c1ccc(Br)cc1. The molecule has 0 fully saturated rings. The molecule has 0 aliphatic rings. The van der Waals surface area contributed by atoms with E-state index in [1.165, 1.54) is 0 Å². The number of hydrogen-bond acceptors (Lipinski definition) is 3. The largest absolute Gasteiger partial charge is 0.353 e. The molecular formula is C24H20BrClN4O2. The number of hydrazine groups is 1. The van der Waals surface area contributed by atoms with Gasteiger partial charge in [-0.15, -0.1) is 0 Å². The third kappa shape index (κ3) is 5.18. The molecule has 0 saturated heterocycles. The quantitative estimate of drug-likeness (QED) is 0.302. The van der Waals surface area contributed by atoms with Gasteiger partial charge in [0.15, 0.2) is 0 Å². The van der Waals surface area contributed by atoms with Crippen molar-refractivity contribution in [3.8, 4) is 11.4 Å². The van der Waals surface area contributed by atoms with Gasteiger partial charge in [0.05, 0.1) is 11.4 Å². The molecule has 2 aromatic heterocycles. The molecule has 162 valence electrons. The highest BCUT2D eigenvalue weighted by Crippen LogP contribution is 2.32. The molecule has 0 spiro atoms. The van der Waals surface area contributed by atoms with E-state index in [2.05, 4.69) is 36.7 Å². The van der Waals surface area contributed by atoms with Gasteiger partial charge >= 0.3 is 0 Å². The van der Waals surface area contributed by atoms with Gasteiger partial charge in [0.25, 0.3) is 5.91 Å². The third-order valence-corrected chi connectivity index (χ3v) is 5.81. The summed E-state index contributed by atoms with van der Waals surface area (Å²) < 4.78 is 0.877. The number of aromatic amines is 1. The zero-order valence-electron chi connectivity index (χ0n) is 17.0. The highest BCUT2D eigenvalue weighted by molar-refractivity contribution is 9.10. The second-order valence-corrected chi connectivity index (χ2v) is 8.60. The summed E-state index contributed by atoms with van der Waals surface area (Å²) in [5.41, 5.74) is 9.18. The van der Waals surface area contributed by atoms with E-state index in [1.807, 2.05) is 36.4 Å². The lowest BCUT2D eigenvalue weighted by molar-refractivity contribution is -0.121. The van der Waals surface area contributed by atoms with Gasteiger partial charge in [-0.2, -0.15) is 0 Å². The van der Waals surface area contributed by atoms with Gasteiger partial charge in [0.2, 0.25) is 5.91 Å². The predicted octanol–water partition coefficient (Wildman–Crippen LogP) is 5.43. The molecule has 2 aromatic carbocycles. The zero-order valence-corrected chi connectivity index (χ0v) is 19.3. The van der Waals surface area contributed by atoms with Gasteiger partial charge in [-0.1, -0.05) is 33.6 Å². The molecule has 4 rings (SSSR count). The Labute approximate surface area is 198 Å². The standard InChI is InChI=1S/C24H20BrClN4O2/c25-16-9-7-15(8-10-16)24(32)30-29-22(31)6-3-4-18-19-14-17(26)11-12-20(19)28-23(18)21-5-1-2-13-27-21/h1-2,5,7-14,28H,3-4,6H2,(H,29,31)(H,30,32). The number of carbonyl (C=O) groups is 2. The van der Waals surface area contributed by atoms with Gasteiger partial charge < -0.3 is 4.98 Å². The first kappa shape index (κ1) is 22.0. The van der Waals surface area contributed by atoms with Crippen LogP contribution in [0.2, 0.25) is 5.02 Å². The molecule has 0 aliphatic heterocycles. The van der Waals surface area contributed by atoms with Crippen LogP contribution in [0.4, 0.5) is 0 Å². The van der Waals surface area contributed by atoms with E-state index in [1.54, 1.807) is 30.5 Å². The molecule has 32 heavy (non-hydrogen) atoms. The highest BCUT2D eigenvalue weighted by Gasteiger charge is 2.15. The number of H-pyrrole nitrogens is 1. The van der Waals surface area contributed by atoms with Gasteiger partial charge in [0, 0.05) is 38.6 Å². The predicted molar refractivity (Wildman–Crippen MR) is 129 cm³/mol. The molecule has 0 bridgehead atoms. The minimum atomic E-state index is -0.366. The van der Waals surface area contributed by atoms with Crippen LogP contribution in [-0.4, -0.2) is 21.8 Å². The zero-order chi connectivity index (χ0) is 22.5. The van der Waals surface area contributed by atoms with E-state index in [4.69, 9.17) is 11.6 Å². The van der Waals surface area contributed by atoms with E-state index in [0.29, 0.717) is 23.4 Å². The Hall–Kier alpha value is -3.16. The molecule has 0 radical (unpaired) electrons. The number of aryl methyl sites for hydroxylation is 1. The first-order chi connectivity index (χ1) is 15.5. The fourth-order valence-electron chi connectivity index (χ4n) is 3.50. The normalized spacial score (nSPS) is 10.8. The van der Waals surface area contributed by atoms with Gasteiger partial charge in [-0.05, 0) is 73.0 Å². The Kier molecular flexibility index (Phi) is 6.87. The lowest BCUT2D eigenvalue weighted by Gasteiger charge is -2.08. The van der Waals surface area contributed by atoms with E-state index in [0.717, 1.165) is 32.3 Å². The molecule has 6 nitrogen and oxygen atoms in total. The lowest BCUT2D eigenvalue weighted by Crippen LogP contribution is -2.41. The Morgan fingerprint density at radius 1 is 1.03 bits per heavy atom. The van der Waals surface area contributed by atoms with Crippen LogP contribution in [0, 0.1) is 0 Å². The fraction of sp³-hybridized carbons (Fsp3) is 0.125. The third-order valence-electron chi connectivity index (χ3n) is 5.04. The maximum atomic E-state index is 12.3. The first-order valence-electron chi connectivity index (χ1n) is 10.1. The number of pyridine rings is 1. The summed E-state index contributed by atoms with van der Waals surface area (Å²) >= 11 is 9.55. The number of benzene rings is 2. The highest BCUT2D eigenvalue weighted by atomic mass is 79.9. The molecule has 3 N–H and O–H groups in total. The number of nitrogens with zero attached hydrogens (tertiary/aromatic N) is 1. The number of fused-ring (bicyclic) bond motifs is 1. The minimum Gasteiger partial charge on any atom is -0.353 e. The Bertz CT molecular complexity index is 1260. The average molecular weight is 512 g/mol. The van der Waals surface area contributed by atoms with E-state index < -0.39 is 0 Å². The van der Waals surface area contributed by atoms with Crippen LogP contribution in [-0.2, 0) is 11.2 Å². The van der Waals surface area contributed by atoms with Crippen molar-refractivity contribution in [1.82, 2.24) is 20.8 Å². The minimum absolute atomic E-state index is 0.257. The fourth-order valence-corrected chi connectivity index (χ4v) is 3.93. The van der Waals surface area contributed by atoms with E-state index >= 15 is 0 Å². The molecule has 0 unspecified atom stereocenters. The summed E-state index contributed by atoms with van der Waals surface area (Å²) in [5.74, 6) is -0.623. The smallest absolute Gasteiger partial charge is 0.269 e. The van der Waals surface area contributed by atoms with Crippen molar-refractivity contribution in [2.45, 2.75) is 19.3 Å². The molecule has 0 aliphatic carbocycles. The number of halogens is 2. The molecule has 4 aromatic rings. The van der Waals surface area contributed by atoms with Crippen LogP contribution in [0.25, 0.3) is 22.3 Å². The van der Waals surface area contributed by atoms with Crippen molar-refractivity contribution >= 4 is 50.2 Å². The number of amides is 2. The van der Waals surface area contributed by atoms with Crippen LogP contribution in [0.15, 0.2) is 71.3 Å². The Morgan fingerprint density at radius 2 is 1.84 bits per heavy atom. The number of hydrogen-bond donors (Lipinski definition) is 3. The molecule has 8 heteroatoms. The first-order valence-corrected chi connectivity index (χ1v) is 11.2. The van der Waals surface area contributed by atoms with Crippen molar-refractivity contribution in [3.05, 3.63) is 87.5 Å². The van der Waals surface area contributed by atoms with Crippen molar-refractivity contribution in [2.75, 3.05) is 0 Å².